The van der Waals surface area contributed by atoms with Crippen LogP contribution in [0.1, 0.15) is 26.6 Å². The van der Waals surface area contributed by atoms with Gasteiger partial charge in [-0.2, -0.15) is 0 Å². The molecule has 0 atom stereocenters. The lowest BCUT2D eigenvalue weighted by atomic mass is 9.99. The van der Waals surface area contributed by atoms with Gasteiger partial charge in [-0.15, -0.1) is 11.3 Å². The Morgan fingerprint density at radius 2 is 2.21 bits per heavy atom. The second kappa shape index (κ2) is 5.49. The van der Waals surface area contributed by atoms with Crippen molar-refractivity contribution in [2.24, 2.45) is 0 Å². The van der Waals surface area contributed by atoms with Gasteiger partial charge < -0.3 is 9.47 Å². The molecule has 0 radical (unpaired) electrons. The summed E-state index contributed by atoms with van der Waals surface area (Å²) in [5.74, 6) is 1.21. The van der Waals surface area contributed by atoms with Gasteiger partial charge >= 0.3 is 0 Å². The van der Waals surface area contributed by atoms with Gasteiger partial charge in [-0.25, -0.2) is 4.98 Å². The van der Waals surface area contributed by atoms with E-state index in [4.69, 9.17) is 9.47 Å². The van der Waals surface area contributed by atoms with Gasteiger partial charge in [-0.1, -0.05) is 0 Å². The second-order valence-electron chi connectivity index (χ2n) is 5.73. The van der Waals surface area contributed by atoms with E-state index < -0.39 is 0 Å². The van der Waals surface area contributed by atoms with E-state index in [1.54, 1.807) is 36.6 Å². The summed E-state index contributed by atoms with van der Waals surface area (Å²) in [4.78, 5) is 19.5. The van der Waals surface area contributed by atoms with Crippen molar-refractivity contribution in [3.8, 4) is 11.5 Å². The van der Waals surface area contributed by atoms with E-state index in [1.807, 2.05) is 30.5 Å². The molecule has 6 heteroatoms. The van der Waals surface area contributed by atoms with E-state index in [2.05, 4.69) is 4.98 Å². The van der Waals surface area contributed by atoms with Gasteiger partial charge in [0.05, 0.1) is 24.1 Å². The molecule has 122 valence electrons. The molecule has 5 nitrogen and oxygen atoms in total. The maximum Gasteiger partial charge on any atom is 0.196 e. The SMILES string of the molecule is COc1ccc2c(c1)C(=O)/C(=C/c1c(C)nc3sc(C)cn13)CO2. The maximum atomic E-state index is 12.8. The Labute approximate surface area is 143 Å². The second-order valence-corrected chi connectivity index (χ2v) is 6.94. The molecular formula is C18H16N2O3S. The lowest BCUT2D eigenvalue weighted by molar-refractivity contribution is 0.100. The molecule has 0 fully saturated rings. The molecule has 3 aromatic rings. The van der Waals surface area contributed by atoms with Crippen molar-refractivity contribution in [1.82, 2.24) is 9.38 Å². The van der Waals surface area contributed by atoms with E-state index in [1.165, 1.54) is 4.88 Å². The van der Waals surface area contributed by atoms with Gasteiger partial charge in [-0.3, -0.25) is 9.20 Å². The molecule has 0 N–H and O–H groups in total. The Morgan fingerprint density at radius 1 is 1.38 bits per heavy atom. The van der Waals surface area contributed by atoms with Gasteiger partial charge in [0.25, 0.3) is 0 Å². The van der Waals surface area contributed by atoms with Crippen molar-refractivity contribution in [1.29, 1.82) is 0 Å². The largest absolute Gasteiger partial charge is 0.497 e. The summed E-state index contributed by atoms with van der Waals surface area (Å²) in [5, 5.41) is 0. The van der Waals surface area contributed by atoms with E-state index in [0.29, 0.717) is 22.6 Å². The minimum Gasteiger partial charge on any atom is -0.497 e. The van der Waals surface area contributed by atoms with E-state index in [0.717, 1.165) is 16.3 Å². The van der Waals surface area contributed by atoms with Crippen LogP contribution in [0.15, 0.2) is 30.0 Å². The predicted octanol–water partition coefficient (Wildman–Crippen LogP) is 3.68. The molecule has 0 bridgehead atoms. The number of hydrogen-bond donors (Lipinski definition) is 0. The molecule has 1 aliphatic heterocycles. The summed E-state index contributed by atoms with van der Waals surface area (Å²) in [6.07, 6.45) is 3.92. The van der Waals surface area contributed by atoms with Crippen LogP contribution in [-0.2, 0) is 0 Å². The van der Waals surface area contributed by atoms with Gasteiger partial charge in [0.1, 0.15) is 18.1 Å². The number of hydrogen-bond acceptors (Lipinski definition) is 5. The number of ketones is 1. The zero-order valence-corrected chi connectivity index (χ0v) is 14.4. The molecule has 24 heavy (non-hydrogen) atoms. The fourth-order valence-corrected chi connectivity index (χ4v) is 3.74. The Bertz CT molecular complexity index is 997. The number of rotatable bonds is 2. The first kappa shape index (κ1) is 15.0. The van der Waals surface area contributed by atoms with Crippen molar-refractivity contribution in [3.63, 3.8) is 0 Å². The van der Waals surface area contributed by atoms with E-state index in [-0.39, 0.29) is 12.4 Å². The lowest BCUT2D eigenvalue weighted by Gasteiger charge is -2.19. The fourth-order valence-electron chi connectivity index (χ4n) is 2.86. The topological polar surface area (TPSA) is 52.8 Å². The highest BCUT2D eigenvalue weighted by molar-refractivity contribution is 7.17. The highest BCUT2D eigenvalue weighted by atomic mass is 32.1. The molecule has 0 saturated carbocycles. The average Bonchev–Trinajstić information content (AvgIpc) is 3.06. The Kier molecular flexibility index (Phi) is 3.42. The summed E-state index contributed by atoms with van der Waals surface area (Å²) in [5.41, 5.74) is 2.97. The third-order valence-corrected chi connectivity index (χ3v) is 4.98. The number of Topliss-reactive ketones (excluding diaryl/α,β-unsaturated/α-hetero) is 1. The molecule has 1 aromatic carbocycles. The van der Waals surface area contributed by atoms with Gasteiger partial charge in [0, 0.05) is 16.6 Å². The van der Waals surface area contributed by atoms with Crippen LogP contribution in [0.4, 0.5) is 0 Å². The average molecular weight is 340 g/mol. The third kappa shape index (κ3) is 2.30. The van der Waals surface area contributed by atoms with Crippen LogP contribution in [0, 0.1) is 13.8 Å². The van der Waals surface area contributed by atoms with Gasteiger partial charge in [-0.05, 0) is 38.1 Å². The zero-order chi connectivity index (χ0) is 16.8. The van der Waals surface area contributed by atoms with Crippen molar-refractivity contribution in [2.75, 3.05) is 13.7 Å². The van der Waals surface area contributed by atoms with Crippen molar-refractivity contribution in [3.05, 3.63) is 51.8 Å². The monoisotopic (exact) mass is 340 g/mol. The number of benzene rings is 1. The molecule has 0 aliphatic carbocycles. The molecule has 0 spiro atoms. The number of carbonyl (C=O) groups excluding carboxylic acids is 1. The smallest absolute Gasteiger partial charge is 0.196 e. The summed E-state index contributed by atoms with van der Waals surface area (Å²) in [7, 11) is 1.58. The highest BCUT2D eigenvalue weighted by Crippen LogP contribution is 2.32. The predicted molar refractivity (Wildman–Crippen MR) is 93.3 cm³/mol. The van der Waals surface area contributed by atoms with Crippen LogP contribution >= 0.6 is 11.3 Å². The minimum absolute atomic E-state index is 0.0311. The number of aromatic nitrogens is 2. The van der Waals surface area contributed by atoms with Crippen molar-refractivity contribution in [2.45, 2.75) is 13.8 Å². The van der Waals surface area contributed by atoms with Crippen LogP contribution in [0.25, 0.3) is 11.0 Å². The highest BCUT2D eigenvalue weighted by Gasteiger charge is 2.25. The number of imidazole rings is 1. The number of ether oxygens (including phenoxy) is 2. The molecule has 3 heterocycles. The summed E-state index contributed by atoms with van der Waals surface area (Å²) < 4.78 is 13.0. The molecule has 0 saturated heterocycles. The molecular weight excluding hydrogens is 324 g/mol. The third-order valence-electron chi connectivity index (χ3n) is 4.08. The number of methoxy groups -OCH3 is 1. The Balaban J connectivity index is 1.80. The Morgan fingerprint density at radius 3 is 3.00 bits per heavy atom. The van der Waals surface area contributed by atoms with Crippen LogP contribution in [0.3, 0.4) is 0 Å². The molecule has 4 rings (SSSR count). The first-order chi connectivity index (χ1) is 11.6. The van der Waals surface area contributed by atoms with Crippen molar-refractivity contribution < 1.29 is 14.3 Å². The van der Waals surface area contributed by atoms with Crippen LogP contribution in [0.2, 0.25) is 0 Å². The van der Waals surface area contributed by atoms with Crippen LogP contribution in [-0.4, -0.2) is 28.9 Å². The summed E-state index contributed by atoms with van der Waals surface area (Å²) in [6, 6.07) is 5.28. The summed E-state index contributed by atoms with van der Waals surface area (Å²) in [6.45, 7) is 4.25. The standard InChI is InChI=1S/C18H16N2O3S/c1-10-8-20-15(11(2)19-18(20)24-10)6-12-9-23-16-5-4-13(22-3)7-14(16)17(12)21/h4-8H,9H2,1-3H3/b12-6+. The summed E-state index contributed by atoms with van der Waals surface area (Å²) >= 11 is 1.63. The first-order valence-electron chi connectivity index (χ1n) is 7.58. The zero-order valence-electron chi connectivity index (χ0n) is 13.6. The quantitative estimate of drug-likeness (QED) is 0.668. The maximum absolute atomic E-state index is 12.8. The normalized spacial score (nSPS) is 15.6. The number of thiazole rings is 1. The number of nitrogens with zero attached hydrogens (tertiary/aromatic N) is 2. The van der Waals surface area contributed by atoms with Gasteiger partial charge in [0.15, 0.2) is 10.7 Å². The Hall–Kier alpha value is -2.60. The van der Waals surface area contributed by atoms with Gasteiger partial charge in [0.2, 0.25) is 0 Å². The van der Waals surface area contributed by atoms with E-state index in [9.17, 15) is 4.79 Å². The lowest BCUT2D eigenvalue weighted by Crippen LogP contribution is -2.19. The molecule has 0 unspecified atom stereocenters. The van der Waals surface area contributed by atoms with Crippen molar-refractivity contribution >= 4 is 28.2 Å². The molecule has 2 aromatic heterocycles. The minimum atomic E-state index is -0.0311. The molecule has 1 aliphatic rings. The number of aryl methyl sites for hydroxylation is 2. The number of fused-ring (bicyclic) bond motifs is 2. The van der Waals surface area contributed by atoms with Crippen LogP contribution in [0.5, 0.6) is 11.5 Å². The first-order valence-corrected chi connectivity index (χ1v) is 8.39. The fraction of sp³-hybridized carbons (Fsp3) is 0.222. The van der Waals surface area contributed by atoms with Crippen LogP contribution < -0.4 is 9.47 Å². The van der Waals surface area contributed by atoms with E-state index >= 15 is 0 Å². The molecule has 0 amide bonds. The number of carbonyl (C=O) groups is 1.